The molecule has 2 rings (SSSR count). The van der Waals surface area contributed by atoms with Gasteiger partial charge in [0, 0.05) is 5.69 Å². The lowest BCUT2D eigenvalue weighted by Crippen LogP contribution is -2.09. The summed E-state index contributed by atoms with van der Waals surface area (Å²) in [5, 5.41) is 2.57. The Hall–Kier alpha value is -1.82. The van der Waals surface area contributed by atoms with Gasteiger partial charge in [0.2, 0.25) is 0 Å². The maximum atomic E-state index is 12.6. The number of anilines is 1. The minimum Gasteiger partial charge on any atom is -0.364 e. The Balaban J connectivity index is 2.16. The molecule has 2 aromatic rings. The van der Waals surface area contributed by atoms with Crippen LogP contribution >= 0.6 is 11.6 Å². The molecule has 7 heteroatoms. The average Bonchev–Trinajstić information content (AvgIpc) is 2.35. The molecule has 0 aliphatic heterocycles. The van der Waals surface area contributed by atoms with Crippen LogP contribution in [0.4, 0.5) is 19.0 Å². The minimum absolute atomic E-state index is 0.0631. The van der Waals surface area contributed by atoms with Crippen LogP contribution in [-0.4, -0.2) is 9.97 Å². The zero-order chi connectivity index (χ0) is 14.8. The van der Waals surface area contributed by atoms with E-state index in [4.69, 9.17) is 11.6 Å². The lowest BCUT2D eigenvalue weighted by atomic mass is 10.2. The van der Waals surface area contributed by atoms with Gasteiger partial charge in [0.25, 0.3) is 0 Å². The van der Waals surface area contributed by atoms with Crippen molar-refractivity contribution in [1.82, 2.24) is 9.97 Å². The quantitative estimate of drug-likeness (QED) is 0.868. The van der Waals surface area contributed by atoms with Crippen LogP contribution in [0.1, 0.15) is 17.0 Å². The van der Waals surface area contributed by atoms with Crippen LogP contribution in [0.2, 0.25) is 5.15 Å². The van der Waals surface area contributed by atoms with Gasteiger partial charge in [-0.3, -0.25) is 4.98 Å². The lowest BCUT2D eigenvalue weighted by molar-refractivity contribution is -0.137. The predicted octanol–water partition coefficient (Wildman–Crippen LogP) is 4.07. The third-order valence-electron chi connectivity index (χ3n) is 2.52. The molecule has 0 atom stereocenters. The first-order chi connectivity index (χ1) is 9.34. The van der Waals surface area contributed by atoms with Crippen LogP contribution < -0.4 is 5.32 Å². The van der Waals surface area contributed by atoms with E-state index in [2.05, 4.69) is 15.3 Å². The van der Waals surface area contributed by atoms with Crippen LogP contribution in [0, 0.1) is 6.92 Å². The Kier molecular flexibility index (Phi) is 4.13. The Bertz CT molecular complexity index is 614. The summed E-state index contributed by atoms with van der Waals surface area (Å²) in [7, 11) is 0. The molecule has 0 spiro atoms. The average molecular weight is 302 g/mol. The van der Waals surface area contributed by atoms with Gasteiger partial charge in [-0.2, -0.15) is 13.2 Å². The van der Waals surface area contributed by atoms with Crippen molar-refractivity contribution in [1.29, 1.82) is 0 Å². The summed E-state index contributed by atoms with van der Waals surface area (Å²) in [5.41, 5.74) is 0.705. The summed E-state index contributed by atoms with van der Waals surface area (Å²) < 4.78 is 37.9. The summed E-state index contributed by atoms with van der Waals surface area (Å²) in [5.74, 6) is 0.0631. The molecule has 20 heavy (non-hydrogen) atoms. The number of aryl methyl sites for hydroxylation is 1. The van der Waals surface area contributed by atoms with Crippen molar-refractivity contribution in [3.05, 3.63) is 52.4 Å². The van der Waals surface area contributed by atoms with Gasteiger partial charge in [0.05, 0.1) is 17.8 Å². The fourth-order valence-electron chi connectivity index (χ4n) is 1.63. The van der Waals surface area contributed by atoms with Gasteiger partial charge in [-0.1, -0.05) is 17.7 Å². The second kappa shape index (κ2) is 5.66. The van der Waals surface area contributed by atoms with Crippen LogP contribution in [0.15, 0.2) is 30.3 Å². The highest BCUT2D eigenvalue weighted by Gasteiger charge is 2.31. The van der Waals surface area contributed by atoms with Crippen LogP contribution in [0.5, 0.6) is 0 Å². The number of alkyl halides is 3. The van der Waals surface area contributed by atoms with E-state index >= 15 is 0 Å². The van der Waals surface area contributed by atoms with E-state index in [1.165, 1.54) is 0 Å². The SMILES string of the molecule is Cc1cccc(CNc2cc(C(F)(F)F)cc(Cl)n2)n1. The highest BCUT2D eigenvalue weighted by atomic mass is 35.5. The van der Waals surface area contributed by atoms with E-state index in [9.17, 15) is 13.2 Å². The molecule has 0 bridgehead atoms. The Morgan fingerprint density at radius 1 is 1.20 bits per heavy atom. The molecule has 0 aliphatic rings. The number of hydrogen-bond donors (Lipinski definition) is 1. The number of pyridine rings is 2. The van der Waals surface area contributed by atoms with Gasteiger partial charge in [-0.15, -0.1) is 0 Å². The summed E-state index contributed by atoms with van der Waals surface area (Å²) >= 11 is 5.60. The maximum Gasteiger partial charge on any atom is 0.416 e. The monoisotopic (exact) mass is 301 g/mol. The molecular formula is C13H11ClF3N3. The molecule has 0 radical (unpaired) electrons. The van der Waals surface area contributed by atoms with Crippen molar-refractivity contribution in [3.63, 3.8) is 0 Å². The van der Waals surface area contributed by atoms with Crippen molar-refractivity contribution in [2.24, 2.45) is 0 Å². The molecule has 0 aliphatic carbocycles. The van der Waals surface area contributed by atoms with Gasteiger partial charge in [0.15, 0.2) is 0 Å². The molecule has 0 fully saturated rings. The third kappa shape index (κ3) is 3.84. The first-order valence-corrected chi connectivity index (χ1v) is 6.13. The highest BCUT2D eigenvalue weighted by Crippen LogP contribution is 2.31. The van der Waals surface area contributed by atoms with Gasteiger partial charge < -0.3 is 5.32 Å². The first-order valence-electron chi connectivity index (χ1n) is 5.76. The van der Waals surface area contributed by atoms with E-state index < -0.39 is 11.7 Å². The molecule has 3 nitrogen and oxygen atoms in total. The van der Waals surface area contributed by atoms with Crippen LogP contribution in [0.3, 0.4) is 0 Å². The molecule has 1 N–H and O–H groups in total. The Morgan fingerprint density at radius 3 is 2.60 bits per heavy atom. The molecule has 0 unspecified atom stereocenters. The number of hydrogen-bond acceptors (Lipinski definition) is 3. The molecular weight excluding hydrogens is 291 g/mol. The molecule has 106 valence electrons. The zero-order valence-electron chi connectivity index (χ0n) is 10.5. The molecule has 2 heterocycles. The number of rotatable bonds is 3. The van der Waals surface area contributed by atoms with Gasteiger partial charge in [0.1, 0.15) is 11.0 Å². The van der Waals surface area contributed by atoms with E-state index in [1.54, 1.807) is 6.07 Å². The minimum atomic E-state index is -4.45. The van der Waals surface area contributed by atoms with E-state index in [0.717, 1.165) is 17.8 Å². The number of nitrogens with zero attached hydrogens (tertiary/aromatic N) is 2. The summed E-state index contributed by atoms with van der Waals surface area (Å²) in [6.45, 7) is 2.11. The Labute approximate surface area is 118 Å². The topological polar surface area (TPSA) is 37.8 Å². The van der Waals surface area contributed by atoms with Crippen molar-refractivity contribution in [3.8, 4) is 0 Å². The molecule has 0 aromatic carbocycles. The standard InChI is InChI=1S/C13H11ClF3N3/c1-8-3-2-4-10(19-8)7-18-12-6-9(13(15,16)17)5-11(14)20-12/h2-6H,7H2,1H3,(H,18,20). The smallest absolute Gasteiger partial charge is 0.364 e. The van der Waals surface area contributed by atoms with E-state index in [0.29, 0.717) is 5.69 Å². The molecule has 0 saturated heterocycles. The summed E-state index contributed by atoms with van der Waals surface area (Å²) in [4.78, 5) is 8.05. The first kappa shape index (κ1) is 14.6. The van der Waals surface area contributed by atoms with Crippen molar-refractivity contribution < 1.29 is 13.2 Å². The van der Waals surface area contributed by atoms with Crippen LogP contribution in [0.25, 0.3) is 0 Å². The highest BCUT2D eigenvalue weighted by molar-refractivity contribution is 6.29. The molecule has 2 aromatic heterocycles. The number of aromatic nitrogens is 2. The fourth-order valence-corrected chi connectivity index (χ4v) is 1.84. The van der Waals surface area contributed by atoms with Gasteiger partial charge >= 0.3 is 6.18 Å². The zero-order valence-corrected chi connectivity index (χ0v) is 11.3. The second-order valence-electron chi connectivity index (χ2n) is 4.19. The van der Waals surface area contributed by atoms with Crippen molar-refractivity contribution >= 4 is 17.4 Å². The lowest BCUT2D eigenvalue weighted by Gasteiger charge is -2.10. The van der Waals surface area contributed by atoms with Crippen molar-refractivity contribution in [2.45, 2.75) is 19.6 Å². The van der Waals surface area contributed by atoms with E-state index in [-0.39, 0.29) is 17.5 Å². The molecule has 0 saturated carbocycles. The predicted molar refractivity (Wildman–Crippen MR) is 70.5 cm³/mol. The Morgan fingerprint density at radius 2 is 1.95 bits per heavy atom. The van der Waals surface area contributed by atoms with Gasteiger partial charge in [-0.25, -0.2) is 4.98 Å². The normalized spacial score (nSPS) is 11.4. The number of nitrogens with one attached hydrogen (secondary N) is 1. The van der Waals surface area contributed by atoms with Gasteiger partial charge in [-0.05, 0) is 31.2 Å². The maximum absolute atomic E-state index is 12.6. The second-order valence-corrected chi connectivity index (χ2v) is 4.57. The number of halogens is 4. The summed E-state index contributed by atoms with van der Waals surface area (Å²) in [6.07, 6.45) is -4.45. The van der Waals surface area contributed by atoms with Crippen molar-refractivity contribution in [2.75, 3.05) is 5.32 Å². The van der Waals surface area contributed by atoms with E-state index in [1.807, 2.05) is 19.1 Å². The fraction of sp³-hybridized carbons (Fsp3) is 0.231. The largest absolute Gasteiger partial charge is 0.416 e. The van der Waals surface area contributed by atoms with Crippen LogP contribution in [-0.2, 0) is 12.7 Å². The third-order valence-corrected chi connectivity index (χ3v) is 2.71. The summed E-state index contributed by atoms with van der Waals surface area (Å²) in [6, 6.07) is 7.14. The molecule has 0 amide bonds.